The van der Waals surface area contributed by atoms with Crippen molar-refractivity contribution in [3.8, 4) is 11.4 Å². The molecule has 2 N–H and O–H groups in total. The number of nitrogens with zero attached hydrogens (tertiary/aromatic N) is 4. The van der Waals surface area contributed by atoms with Gasteiger partial charge in [-0.15, -0.1) is 0 Å². The Labute approximate surface area is 162 Å². The third kappa shape index (κ3) is 3.14. The van der Waals surface area contributed by atoms with Gasteiger partial charge in [0.25, 0.3) is 6.01 Å². The van der Waals surface area contributed by atoms with E-state index in [2.05, 4.69) is 20.0 Å². The number of para-hydroxylation sites is 2. The SMILES string of the molecule is NCc1ccc(-c2noc(C3CCN(c4nc5ccccc5o4)CC3)n2)cc1. The zero-order valence-electron chi connectivity index (χ0n) is 15.4. The standard InChI is InChI=1S/C21H21N5O2/c22-13-14-5-7-15(8-6-14)19-24-20(28-25-19)16-9-11-26(12-10-16)21-23-17-3-1-2-4-18(17)27-21/h1-8,16H,9-13,22H2. The predicted octanol–water partition coefficient (Wildman–Crippen LogP) is 3.72. The number of hydrogen-bond acceptors (Lipinski definition) is 7. The maximum atomic E-state index is 5.88. The summed E-state index contributed by atoms with van der Waals surface area (Å²) >= 11 is 0. The average molecular weight is 375 g/mol. The highest BCUT2D eigenvalue weighted by Crippen LogP contribution is 2.31. The van der Waals surface area contributed by atoms with E-state index in [0.29, 0.717) is 24.3 Å². The van der Waals surface area contributed by atoms with E-state index >= 15 is 0 Å². The van der Waals surface area contributed by atoms with Crippen LogP contribution < -0.4 is 10.6 Å². The number of piperidine rings is 1. The van der Waals surface area contributed by atoms with E-state index in [4.69, 9.17) is 14.7 Å². The summed E-state index contributed by atoms with van der Waals surface area (Å²) in [6.07, 6.45) is 1.85. The molecular formula is C21H21N5O2. The van der Waals surface area contributed by atoms with Crippen molar-refractivity contribution in [1.82, 2.24) is 15.1 Å². The van der Waals surface area contributed by atoms with Gasteiger partial charge in [-0.25, -0.2) is 0 Å². The van der Waals surface area contributed by atoms with Gasteiger partial charge in [-0.05, 0) is 30.5 Å². The summed E-state index contributed by atoms with van der Waals surface area (Å²) in [5.74, 6) is 1.58. The summed E-state index contributed by atoms with van der Waals surface area (Å²) in [5.41, 5.74) is 9.39. The van der Waals surface area contributed by atoms with Crippen LogP contribution in [0.4, 0.5) is 6.01 Å². The molecule has 1 aliphatic rings. The lowest BCUT2D eigenvalue weighted by atomic mass is 9.97. The van der Waals surface area contributed by atoms with Gasteiger partial charge in [0, 0.05) is 31.1 Å². The van der Waals surface area contributed by atoms with Gasteiger partial charge in [0.2, 0.25) is 11.7 Å². The van der Waals surface area contributed by atoms with Crippen LogP contribution in [0.5, 0.6) is 0 Å². The van der Waals surface area contributed by atoms with E-state index in [1.54, 1.807) is 0 Å². The van der Waals surface area contributed by atoms with Crippen molar-refractivity contribution >= 4 is 17.1 Å². The molecule has 142 valence electrons. The average Bonchev–Trinajstić information content (AvgIpc) is 3.41. The van der Waals surface area contributed by atoms with E-state index < -0.39 is 0 Å². The molecule has 0 atom stereocenters. The Morgan fingerprint density at radius 1 is 1.00 bits per heavy atom. The smallest absolute Gasteiger partial charge is 0.298 e. The van der Waals surface area contributed by atoms with Crippen LogP contribution >= 0.6 is 0 Å². The third-order valence-electron chi connectivity index (χ3n) is 5.29. The molecule has 0 bridgehead atoms. The van der Waals surface area contributed by atoms with E-state index in [1.165, 1.54) is 0 Å². The Hall–Kier alpha value is -3.19. The lowest BCUT2D eigenvalue weighted by molar-refractivity contribution is 0.326. The van der Waals surface area contributed by atoms with Crippen molar-refractivity contribution in [1.29, 1.82) is 0 Å². The van der Waals surface area contributed by atoms with Crippen molar-refractivity contribution in [2.75, 3.05) is 18.0 Å². The fraction of sp³-hybridized carbons (Fsp3) is 0.286. The number of oxazole rings is 1. The zero-order valence-corrected chi connectivity index (χ0v) is 15.4. The lowest BCUT2D eigenvalue weighted by Gasteiger charge is -2.28. The van der Waals surface area contributed by atoms with Crippen LogP contribution in [0.1, 0.15) is 30.2 Å². The van der Waals surface area contributed by atoms with Gasteiger partial charge < -0.3 is 19.6 Å². The molecule has 7 heteroatoms. The number of benzene rings is 2. The number of aromatic nitrogens is 3. The van der Waals surface area contributed by atoms with Crippen LogP contribution in [-0.4, -0.2) is 28.2 Å². The molecule has 2 aromatic heterocycles. The zero-order chi connectivity index (χ0) is 18.9. The highest BCUT2D eigenvalue weighted by molar-refractivity contribution is 5.74. The van der Waals surface area contributed by atoms with Gasteiger partial charge in [0.1, 0.15) is 5.52 Å². The Balaban J connectivity index is 1.27. The first kappa shape index (κ1) is 16.9. The highest BCUT2D eigenvalue weighted by Gasteiger charge is 2.27. The second kappa shape index (κ2) is 7.09. The third-order valence-corrected chi connectivity index (χ3v) is 5.29. The number of anilines is 1. The van der Waals surface area contributed by atoms with Crippen LogP contribution in [0, 0.1) is 0 Å². The van der Waals surface area contributed by atoms with Gasteiger partial charge in [0.05, 0.1) is 0 Å². The van der Waals surface area contributed by atoms with E-state index in [-0.39, 0.29) is 5.92 Å². The van der Waals surface area contributed by atoms with Gasteiger partial charge in [-0.2, -0.15) is 9.97 Å². The summed E-state index contributed by atoms with van der Waals surface area (Å²) < 4.78 is 11.4. The molecule has 2 aromatic carbocycles. The first-order chi connectivity index (χ1) is 13.8. The summed E-state index contributed by atoms with van der Waals surface area (Å²) in [6.45, 7) is 2.22. The Kier molecular flexibility index (Phi) is 4.29. The maximum absolute atomic E-state index is 5.88. The first-order valence-electron chi connectivity index (χ1n) is 9.53. The van der Waals surface area contributed by atoms with Crippen molar-refractivity contribution in [2.45, 2.75) is 25.3 Å². The lowest BCUT2D eigenvalue weighted by Crippen LogP contribution is -2.33. The Bertz CT molecular complexity index is 1040. The van der Waals surface area contributed by atoms with E-state index in [1.807, 2.05) is 48.5 Å². The van der Waals surface area contributed by atoms with Crippen molar-refractivity contribution in [3.05, 3.63) is 60.0 Å². The molecule has 1 fully saturated rings. The Morgan fingerprint density at radius 2 is 1.79 bits per heavy atom. The van der Waals surface area contributed by atoms with Gasteiger partial charge >= 0.3 is 0 Å². The molecule has 5 rings (SSSR count). The molecule has 1 aliphatic heterocycles. The monoisotopic (exact) mass is 375 g/mol. The fourth-order valence-corrected chi connectivity index (χ4v) is 3.62. The maximum Gasteiger partial charge on any atom is 0.298 e. The number of hydrogen-bond donors (Lipinski definition) is 1. The molecule has 0 spiro atoms. The van der Waals surface area contributed by atoms with Crippen LogP contribution in [0.15, 0.2) is 57.5 Å². The van der Waals surface area contributed by atoms with Crippen molar-refractivity contribution < 1.29 is 8.94 Å². The van der Waals surface area contributed by atoms with Gasteiger partial charge in [-0.1, -0.05) is 41.6 Å². The molecule has 0 unspecified atom stereocenters. The van der Waals surface area contributed by atoms with Crippen LogP contribution in [-0.2, 0) is 6.54 Å². The molecule has 1 saturated heterocycles. The summed E-state index contributed by atoms with van der Waals surface area (Å²) in [7, 11) is 0. The minimum Gasteiger partial charge on any atom is -0.423 e. The van der Waals surface area contributed by atoms with E-state index in [0.717, 1.165) is 48.2 Å². The van der Waals surface area contributed by atoms with Crippen molar-refractivity contribution in [2.24, 2.45) is 5.73 Å². The molecule has 4 aromatic rings. The van der Waals surface area contributed by atoms with Crippen LogP contribution in [0.25, 0.3) is 22.5 Å². The molecule has 0 radical (unpaired) electrons. The van der Waals surface area contributed by atoms with Crippen LogP contribution in [0.3, 0.4) is 0 Å². The minimum absolute atomic E-state index is 0.255. The number of fused-ring (bicyclic) bond motifs is 1. The second-order valence-corrected chi connectivity index (χ2v) is 7.08. The molecule has 3 heterocycles. The predicted molar refractivity (Wildman–Crippen MR) is 106 cm³/mol. The van der Waals surface area contributed by atoms with E-state index in [9.17, 15) is 0 Å². The summed E-state index contributed by atoms with van der Waals surface area (Å²) in [4.78, 5) is 11.4. The van der Waals surface area contributed by atoms with Gasteiger partial charge in [-0.3, -0.25) is 0 Å². The number of rotatable bonds is 4. The quantitative estimate of drug-likeness (QED) is 0.581. The van der Waals surface area contributed by atoms with Gasteiger partial charge in [0.15, 0.2) is 5.58 Å². The Morgan fingerprint density at radius 3 is 2.54 bits per heavy atom. The minimum atomic E-state index is 0.255. The number of nitrogens with two attached hydrogens (primary N) is 1. The summed E-state index contributed by atoms with van der Waals surface area (Å²) in [6, 6.07) is 16.5. The summed E-state index contributed by atoms with van der Waals surface area (Å²) in [5, 5.41) is 4.16. The second-order valence-electron chi connectivity index (χ2n) is 7.08. The normalized spacial score (nSPS) is 15.4. The molecule has 0 saturated carbocycles. The molecule has 28 heavy (non-hydrogen) atoms. The topological polar surface area (TPSA) is 94.2 Å². The molecule has 7 nitrogen and oxygen atoms in total. The highest BCUT2D eigenvalue weighted by atomic mass is 16.5. The van der Waals surface area contributed by atoms with Crippen LogP contribution in [0.2, 0.25) is 0 Å². The largest absolute Gasteiger partial charge is 0.423 e. The van der Waals surface area contributed by atoms with Crippen molar-refractivity contribution in [3.63, 3.8) is 0 Å². The fourth-order valence-electron chi connectivity index (χ4n) is 3.62. The first-order valence-corrected chi connectivity index (χ1v) is 9.53. The molecular weight excluding hydrogens is 354 g/mol. The molecule has 0 amide bonds. The molecule has 0 aliphatic carbocycles.